The van der Waals surface area contributed by atoms with E-state index >= 15 is 0 Å². The summed E-state index contributed by atoms with van der Waals surface area (Å²) in [6.45, 7) is 1.90. The van der Waals surface area contributed by atoms with Gasteiger partial charge in [0.25, 0.3) is 11.9 Å². The summed E-state index contributed by atoms with van der Waals surface area (Å²) >= 11 is 6.00. The zero-order chi connectivity index (χ0) is 19.4. The van der Waals surface area contributed by atoms with Crippen molar-refractivity contribution in [3.8, 4) is 5.75 Å². The minimum Gasteiger partial charge on any atom is -0.484 e. The lowest BCUT2D eigenvalue weighted by Crippen LogP contribution is -2.81. The van der Waals surface area contributed by atoms with Gasteiger partial charge in [-0.1, -0.05) is 23.7 Å². The number of benzene rings is 2. The molecule has 0 atom stereocenters. The molecule has 7 heteroatoms. The van der Waals surface area contributed by atoms with Crippen LogP contribution in [0.3, 0.4) is 0 Å². The van der Waals surface area contributed by atoms with Crippen LogP contribution >= 0.6 is 11.6 Å². The average molecular weight is 398 g/mol. The molecule has 0 unspecified atom stereocenters. The first-order valence-electron chi connectivity index (χ1n) is 9.28. The molecule has 6 nitrogen and oxygen atoms in total. The van der Waals surface area contributed by atoms with Crippen LogP contribution in [0.2, 0.25) is 5.02 Å². The van der Waals surface area contributed by atoms with Crippen molar-refractivity contribution in [2.24, 2.45) is 0 Å². The summed E-state index contributed by atoms with van der Waals surface area (Å²) in [7, 11) is 0. The maximum atomic E-state index is 12.3. The first-order valence-corrected chi connectivity index (χ1v) is 9.66. The van der Waals surface area contributed by atoms with Crippen LogP contribution in [0.15, 0.2) is 46.9 Å². The van der Waals surface area contributed by atoms with E-state index in [2.05, 4.69) is 15.6 Å². The Morgan fingerprint density at radius 3 is 2.75 bits per heavy atom. The van der Waals surface area contributed by atoms with Crippen molar-refractivity contribution in [2.45, 2.75) is 37.3 Å². The third kappa shape index (κ3) is 2.98. The van der Waals surface area contributed by atoms with E-state index in [0.29, 0.717) is 16.8 Å². The number of hydrogen-bond donors (Lipinski definition) is 2. The zero-order valence-corrected chi connectivity index (χ0v) is 16.2. The van der Waals surface area contributed by atoms with Gasteiger partial charge in [0.05, 0.1) is 0 Å². The Balaban J connectivity index is 1.13. The Labute approximate surface area is 167 Å². The number of para-hydroxylation sites is 2. The van der Waals surface area contributed by atoms with Gasteiger partial charge in [-0.3, -0.25) is 4.79 Å². The number of rotatable bonds is 6. The Kier molecular flexibility index (Phi) is 3.81. The molecule has 0 aliphatic heterocycles. The Hall–Kier alpha value is -2.73. The summed E-state index contributed by atoms with van der Waals surface area (Å²) in [5, 5.41) is 7.20. The standard InChI is InChI=1S/C21H20ClN3O3/c1-13-8-14(6-7-15(13)22)27-9-18(26)24-20-10-21(11-20,12-20)25-19-23-16-4-2-3-5-17(16)28-19/h2-8H,9-12H2,1H3,(H,23,25)(H,24,26). The molecule has 6 rings (SSSR count). The molecule has 0 spiro atoms. The van der Waals surface area contributed by atoms with Crippen LogP contribution in [0, 0.1) is 6.92 Å². The van der Waals surface area contributed by atoms with Gasteiger partial charge in [-0.25, -0.2) is 0 Å². The average Bonchev–Trinajstić information content (AvgIpc) is 3.02. The van der Waals surface area contributed by atoms with Crippen LogP contribution < -0.4 is 15.4 Å². The summed E-state index contributed by atoms with van der Waals surface area (Å²) in [4.78, 5) is 16.7. The second kappa shape index (κ2) is 6.14. The second-order valence-electron chi connectivity index (χ2n) is 7.95. The van der Waals surface area contributed by atoms with Crippen molar-refractivity contribution in [3.63, 3.8) is 0 Å². The fourth-order valence-corrected chi connectivity index (χ4v) is 4.51. The van der Waals surface area contributed by atoms with Crippen molar-refractivity contribution in [1.82, 2.24) is 10.3 Å². The number of fused-ring (bicyclic) bond motifs is 1. The highest BCUT2D eigenvalue weighted by Crippen LogP contribution is 2.61. The van der Waals surface area contributed by atoms with Gasteiger partial charge in [-0.2, -0.15) is 4.98 Å². The molecule has 1 amide bonds. The van der Waals surface area contributed by atoms with Crippen LogP contribution in [-0.4, -0.2) is 28.6 Å². The number of ether oxygens (including phenoxy) is 1. The predicted molar refractivity (Wildman–Crippen MR) is 107 cm³/mol. The van der Waals surface area contributed by atoms with Crippen molar-refractivity contribution < 1.29 is 13.9 Å². The molecule has 3 fully saturated rings. The van der Waals surface area contributed by atoms with E-state index in [1.807, 2.05) is 37.3 Å². The SMILES string of the molecule is Cc1cc(OCC(=O)NC23CC(Nc4nc5ccccc5o4)(C2)C3)ccc1Cl. The molecule has 3 aliphatic rings. The molecule has 1 heterocycles. The number of amides is 1. The molecule has 2 bridgehead atoms. The molecule has 2 N–H and O–H groups in total. The first kappa shape index (κ1) is 17.4. The number of oxazole rings is 1. The van der Waals surface area contributed by atoms with Gasteiger partial charge in [0, 0.05) is 16.1 Å². The van der Waals surface area contributed by atoms with Crippen molar-refractivity contribution in [1.29, 1.82) is 0 Å². The number of aryl methyl sites for hydroxylation is 1. The van der Waals surface area contributed by atoms with E-state index in [9.17, 15) is 4.79 Å². The minimum atomic E-state index is -0.130. The van der Waals surface area contributed by atoms with Crippen molar-refractivity contribution in [2.75, 3.05) is 11.9 Å². The quantitative estimate of drug-likeness (QED) is 0.655. The second-order valence-corrected chi connectivity index (χ2v) is 8.36. The fourth-order valence-electron chi connectivity index (χ4n) is 4.39. The summed E-state index contributed by atoms with van der Waals surface area (Å²) in [6.07, 6.45) is 2.60. The summed E-state index contributed by atoms with van der Waals surface area (Å²) < 4.78 is 11.3. The lowest BCUT2D eigenvalue weighted by molar-refractivity contribution is -0.135. The topological polar surface area (TPSA) is 76.4 Å². The van der Waals surface area contributed by atoms with E-state index in [1.165, 1.54) is 0 Å². The molecule has 1 aromatic heterocycles. The summed E-state index contributed by atoms with van der Waals surface area (Å²) in [6, 6.07) is 13.6. The van der Waals surface area contributed by atoms with E-state index in [0.717, 1.165) is 35.9 Å². The number of anilines is 1. The highest BCUT2D eigenvalue weighted by Gasteiger charge is 2.69. The Morgan fingerprint density at radius 2 is 2.00 bits per heavy atom. The fraction of sp³-hybridized carbons (Fsp3) is 0.333. The van der Waals surface area contributed by atoms with Gasteiger partial charge in [0.15, 0.2) is 12.2 Å². The third-order valence-corrected chi connectivity index (χ3v) is 6.02. The van der Waals surface area contributed by atoms with E-state index < -0.39 is 0 Å². The van der Waals surface area contributed by atoms with Gasteiger partial charge in [0.1, 0.15) is 11.3 Å². The Morgan fingerprint density at radius 1 is 1.21 bits per heavy atom. The number of carbonyl (C=O) groups is 1. The van der Waals surface area contributed by atoms with Gasteiger partial charge < -0.3 is 19.8 Å². The van der Waals surface area contributed by atoms with Crippen LogP contribution in [0.4, 0.5) is 6.01 Å². The molecule has 3 aromatic rings. The molecular formula is C21H20ClN3O3. The molecule has 0 saturated heterocycles. The lowest BCUT2D eigenvalue weighted by atomic mass is 9.44. The monoisotopic (exact) mass is 397 g/mol. The highest BCUT2D eigenvalue weighted by atomic mass is 35.5. The van der Waals surface area contributed by atoms with Crippen molar-refractivity contribution >= 4 is 34.6 Å². The van der Waals surface area contributed by atoms with Crippen LogP contribution in [0.5, 0.6) is 5.75 Å². The largest absolute Gasteiger partial charge is 0.484 e. The predicted octanol–water partition coefficient (Wildman–Crippen LogP) is 4.07. The van der Waals surface area contributed by atoms with E-state index in [-0.39, 0.29) is 23.6 Å². The lowest BCUT2D eigenvalue weighted by Gasteiger charge is -2.70. The Bertz CT molecular complexity index is 1020. The van der Waals surface area contributed by atoms with Crippen molar-refractivity contribution in [3.05, 3.63) is 53.1 Å². The van der Waals surface area contributed by atoms with Gasteiger partial charge >= 0.3 is 0 Å². The van der Waals surface area contributed by atoms with E-state index in [4.69, 9.17) is 20.8 Å². The number of nitrogens with zero attached hydrogens (tertiary/aromatic N) is 1. The van der Waals surface area contributed by atoms with Gasteiger partial charge in [0.2, 0.25) is 0 Å². The van der Waals surface area contributed by atoms with E-state index in [1.54, 1.807) is 12.1 Å². The molecule has 3 aliphatic carbocycles. The summed E-state index contributed by atoms with van der Waals surface area (Å²) in [5.41, 5.74) is 2.38. The summed E-state index contributed by atoms with van der Waals surface area (Å²) in [5.74, 6) is 0.534. The van der Waals surface area contributed by atoms with Crippen LogP contribution in [0.25, 0.3) is 11.1 Å². The molecule has 2 aromatic carbocycles. The molecule has 0 radical (unpaired) electrons. The number of hydrogen-bond acceptors (Lipinski definition) is 5. The zero-order valence-electron chi connectivity index (χ0n) is 15.4. The van der Waals surface area contributed by atoms with Crippen LogP contribution in [-0.2, 0) is 4.79 Å². The normalized spacial score (nSPS) is 24.9. The van der Waals surface area contributed by atoms with Crippen LogP contribution in [0.1, 0.15) is 24.8 Å². The number of nitrogens with one attached hydrogen (secondary N) is 2. The maximum absolute atomic E-state index is 12.3. The number of aromatic nitrogens is 1. The molecular weight excluding hydrogens is 378 g/mol. The molecule has 3 saturated carbocycles. The molecule has 28 heavy (non-hydrogen) atoms. The smallest absolute Gasteiger partial charge is 0.296 e. The number of carbonyl (C=O) groups excluding carboxylic acids is 1. The third-order valence-electron chi connectivity index (χ3n) is 5.60. The highest BCUT2D eigenvalue weighted by molar-refractivity contribution is 6.31. The maximum Gasteiger partial charge on any atom is 0.296 e. The molecule has 144 valence electrons. The number of halogens is 1. The minimum absolute atomic E-state index is 0.00558. The first-order chi connectivity index (χ1) is 13.4. The van der Waals surface area contributed by atoms with Gasteiger partial charge in [-0.05, 0) is 62.1 Å². The van der Waals surface area contributed by atoms with Gasteiger partial charge in [-0.15, -0.1) is 0 Å².